The third-order valence-electron chi connectivity index (χ3n) is 5.11. The Labute approximate surface area is 168 Å². The van der Waals surface area contributed by atoms with Crippen molar-refractivity contribution in [3.05, 3.63) is 51.3 Å². The molecule has 2 heterocycles. The van der Waals surface area contributed by atoms with Gasteiger partial charge in [0.2, 0.25) is 10.0 Å². The number of aromatic nitrogens is 2. The number of nitro groups is 1. The summed E-state index contributed by atoms with van der Waals surface area (Å²) >= 11 is 0. The van der Waals surface area contributed by atoms with E-state index < -0.39 is 20.9 Å². The molecule has 0 aliphatic carbocycles. The van der Waals surface area contributed by atoms with Gasteiger partial charge in [-0.15, -0.1) is 0 Å². The first kappa shape index (κ1) is 20.9. The molecule has 0 saturated carbocycles. The van der Waals surface area contributed by atoms with E-state index in [1.165, 1.54) is 32.1 Å². The Morgan fingerprint density at radius 1 is 1.14 bits per heavy atom. The van der Waals surface area contributed by atoms with Gasteiger partial charge in [0.25, 0.3) is 11.6 Å². The molecule has 10 nitrogen and oxygen atoms in total. The van der Waals surface area contributed by atoms with Crippen LogP contribution in [0.4, 0.5) is 5.69 Å². The highest BCUT2D eigenvalue weighted by atomic mass is 32.2. The highest BCUT2D eigenvalue weighted by molar-refractivity contribution is 7.89. The van der Waals surface area contributed by atoms with E-state index in [0.717, 1.165) is 0 Å². The van der Waals surface area contributed by atoms with Crippen LogP contribution in [0.3, 0.4) is 0 Å². The molecule has 0 radical (unpaired) electrons. The van der Waals surface area contributed by atoms with Gasteiger partial charge in [-0.25, -0.2) is 8.42 Å². The third kappa shape index (κ3) is 3.87. The number of nitrogens with zero attached hydrogens (tertiary/aromatic N) is 5. The largest absolute Gasteiger partial charge is 0.337 e. The summed E-state index contributed by atoms with van der Waals surface area (Å²) in [5.74, 6) is -0.467. The molecule has 1 amide bonds. The second kappa shape index (κ2) is 7.91. The molecule has 0 bridgehead atoms. The fourth-order valence-electron chi connectivity index (χ4n) is 3.58. The Morgan fingerprint density at radius 3 is 2.45 bits per heavy atom. The molecule has 1 fully saturated rings. The Bertz CT molecular complexity index is 1060. The molecule has 1 saturated heterocycles. The topological polar surface area (TPSA) is 119 Å². The highest BCUT2D eigenvalue weighted by Gasteiger charge is 2.33. The number of rotatable bonds is 4. The number of sulfonamides is 1. The van der Waals surface area contributed by atoms with Gasteiger partial charge in [-0.1, -0.05) is 12.1 Å². The van der Waals surface area contributed by atoms with E-state index >= 15 is 0 Å². The van der Waals surface area contributed by atoms with E-state index in [9.17, 15) is 23.3 Å². The number of aryl methyl sites for hydroxylation is 2. The maximum absolute atomic E-state index is 13.2. The van der Waals surface area contributed by atoms with Crippen molar-refractivity contribution in [1.29, 1.82) is 0 Å². The number of hydrogen-bond donors (Lipinski definition) is 0. The SMILES string of the molecule is Cc1nn(C)c(C)c1S(=O)(=O)N1CCCN(C(=O)c2ccccc2[N+](=O)[O-])CC1. The lowest BCUT2D eigenvalue weighted by molar-refractivity contribution is -0.385. The fourth-order valence-corrected chi connectivity index (χ4v) is 5.45. The predicted molar refractivity (Wildman–Crippen MR) is 105 cm³/mol. The van der Waals surface area contributed by atoms with E-state index in [1.54, 1.807) is 27.0 Å². The third-order valence-corrected chi connectivity index (χ3v) is 7.27. The summed E-state index contributed by atoms with van der Waals surface area (Å²) in [6.45, 7) is 4.21. The maximum atomic E-state index is 13.2. The summed E-state index contributed by atoms with van der Waals surface area (Å²) in [5.41, 5.74) is 0.738. The molecule has 156 valence electrons. The normalized spacial score (nSPS) is 15.9. The molecule has 11 heteroatoms. The van der Waals surface area contributed by atoms with Gasteiger partial charge in [-0.2, -0.15) is 9.40 Å². The Balaban J connectivity index is 1.82. The van der Waals surface area contributed by atoms with Crippen molar-refractivity contribution in [2.45, 2.75) is 25.2 Å². The van der Waals surface area contributed by atoms with Gasteiger partial charge in [-0.05, 0) is 26.3 Å². The maximum Gasteiger partial charge on any atom is 0.282 e. The van der Waals surface area contributed by atoms with Crippen molar-refractivity contribution in [1.82, 2.24) is 19.0 Å². The van der Waals surface area contributed by atoms with Gasteiger partial charge < -0.3 is 4.90 Å². The van der Waals surface area contributed by atoms with E-state index in [-0.39, 0.29) is 35.8 Å². The predicted octanol–water partition coefficient (Wildman–Crippen LogP) is 1.48. The van der Waals surface area contributed by atoms with Crippen LogP contribution in [0.1, 0.15) is 28.2 Å². The quantitative estimate of drug-likeness (QED) is 0.545. The molecule has 1 aliphatic heterocycles. The number of para-hydroxylation sites is 1. The van der Waals surface area contributed by atoms with E-state index in [1.807, 2.05) is 0 Å². The molecule has 0 atom stereocenters. The van der Waals surface area contributed by atoms with Crippen LogP contribution < -0.4 is 0 Å². The number of carbonyl (C=O) groups excluding carboxylic acids is 1. The van der Waals surface area contributed by atoms with Gasteiger partial charge in [0.15, 0.2) is 0 Å². The molecule has 0 spiro atoms. The van der Waals surface area contributed by atoms with E-state index in [2.05, 4.69) is 5.10 Å². The van der Waals surface area contributed by atoms with Gasteiger partial charge >= 0.3 is 0 Å². The van der Waals surface area contributed by atoms with Crippen LogP contribution in [0.2, 0.25) is 0 Å². The molecule has 1 aliphatic rings. The van der Waals surface area contributed by atoms with Crippen molar-refractivity contribution < 1.29 is 18.1 Å². The van der Waals surface area contributed by atoms with Crippen molar-refractivity contribution in [3.63, 3.8) is 0 Å². The summed E-state index contributed by atoms with van der Waals surface area (Å²) in [6.07, 6.45) is 0.434. The smallest absolute Gasteiger partial charge is 0.282 e. The molecule has 3 rings (SSSR count). The van der Waals surface area contributed by atoms with Crippen molar-refractivity contribution in [2.75, 3.05) is 26.2 Å². The number of benzene rings is 1. The zero-order valence-electron chi connectivity index (χ0n) is 16.5. The van der Waals surface area contributed by atoms with Crippen LogP contribution in [-0.2, 0) is 17.1 Å². The van der Waals surface area contributed by atoms with Crippen LogP contribution in [0.5, 0.6) is 0 Å². The number of hydrogen-bond acceptors (Lipinski definition) is 6. The monoisotopic (exact) mass is 421 g/mol. The minimum atomic E-state index is -3.76. The van der Waals surface area contributed by atoms with Crippen LogP contribution in [-0.4, -0.2) is 64.4 Å². The number of nitro benzene ring substituents is 1. The summed E-state index contributed by atoms with van der Waals surface area (Å²) in [6, 6.07) is 5.78. The standard InChI is InChI=1S/C18H23N5O5S/c1-13-17(14(2)20(3)19-13)29(27,28)22-10-6-9-21(11-12-22)18(24)15-7-4-5-8-16(15)23(25)26/h4-5,7-8H,6,9-12H2,1-3H3. The van der Waals surface area contributed by atoms with Gasteiger partial charge in [0.05, 0.1) is 16.3 Å². The first-order chi connectivity index (χ1) is 13.6. The van der Waals surface area contributed by atoms with Crippen LogP contribution in [0.25, 0.3) is 0 Å². The van der Waals surface area contributed by atoms with Crippen molar-refractivity contribution >= 4 is 21.6 Å². The molecule has 1 aromatic heterocycles. The van der Waals surface area contributed by atoms with Crippen molar-refractivity contribution in [3.8, 4) is 0 Å². The first-order valence-corrected chi connectivity index (χ1v) is 10.6. The molecule has 1 aromatic carbocycles. The molecule has 0 unspecified atom stereocenters. The lowest BCUT2D eigenvalue weighted by atomic mass is 10.1. The lowest BCUT2D eigenvalue weighted by Gasteiger charge is -2.22. The minimum absolute atomic E-state index is 0.00718. The lowest BCUT2D eigenvalue weighted by Crippen LogP contribution is -2.37. The van der Waals surface area contributed by atoms with Crippen molar-refractivity contribution in [2.24, 2.45) is 7.05 Å². The Morgan fingerprint density at radius 2 is 1.83 bits per heavy atom. The highest BCUT2D eigenvalue weighted by Crippen LogP contribution is 2.25. The molecular weight excluding hydrogens is 398 g/mol. The molecule has 29 heavy (non-hydrogen) atoms. The zero-order chi connectivity index (χ0) is 21.3. The van der Waals surface area contributed by atoms with Crippen LogP contribution >= 0.6 is 0 Å². The summed E-state index contributed by atoms with van der Waals surface area (Å²) < 4.78 is 29.2. The fraction of sp³-hybridized carbons (Fsp3) is 0.444. The molecule has 0 N–H and O–H groups in total. The number of carbonyl (C=O) groups is 1. The second-order valence-corrected chi connectivity index (χ2v) is 8.82. The first-order valence-electron chi connectivity index (χ1n) is 9.17. The average Bonchev–Trinajstić information content (AvgIpc) is 2.85. The Kier molecular flexibility index (Phi) is 5.71. The van der Waals surface area contributed by atoms with Crippen LogP contribution in [0, 0.1) is 24.0 Å². The van der Waals surface area contributed by atoms with E-state index in [0.29, 0.717) is 24.4 Å². The summed E-state index contributed by atoms with van der Waals surface area (Å²) in [7, 11) is -2.07. The summed E-state index contributed by atoms with van der Waals surface area (Å²) in [4.78, 5) is 25.2. The number of amides is 1. The van der Waals surface area contributed by atoms with Gasteiger partial charge in [0.1, 0.15) is 10.5 Å². The van der Waals surface area contributed by atoms with Gasteiger partial charge in [0, 0.05) is 39.3 Å². The van der Waals surface area contributed by atoms with Gasteiger partial charge in [-0.3, -0.25) is 19.6 Å². The minimum Gasteiger partial charge on any atom is -0.337 e. The second-order valence-electron chi connectivity index (χ2n) is 6.95. The molecular formula is C18H23N5O5S. The Hall–Kier alpha value is -2.79. The average molecular weight is 421 g/mol. The zero-order valence-corrected chi connectivity index (χ0v) is 17.3. The molecule has 2 aromatic rings. The summed E-state index contributed by atoms with van der Waals surface area (Å²) in [5, 5.41) is 15.4. The van der Waals surface area contributed by atoms with Crippen LogP contribution in [0.15, 0.2) is 29.2 Å². The van der Waals surface area contributed by atoms with E-state index in [4.69, 9.17) is 0 Å².